The first kappa shape index (κ1) is 15.8. The molecular weight excluding hydrogens is 320 g/mol. The zero-order valence-corrected chi connectivity index (χ0v) is 13.0. The third-order valence-electron chi connectivity index (χ3n) is 2.90. The fourth-order valence-electron chi connectivity index (χ4n) is 2.01. The molecule has 1 aliphatic rings. The number of sulfonamides is 1. The van der Waals surface area contributed by atoms with E-state index >= 15 is 0 Å². The largest absolute Gasteiger partial charge is 0.468 e. The quantitative estimate of drug-likeness (QED) is 0.599. The van der Waals surface area contributed by atoms with Crippen LogP contribution in [0.3, 0.4) is 0 Å². The summed E-state index contributed by atoms with van der Waals surface area (Å²) in [6, 6.07) is -0.840. The van der Waals surface area contributed by atoms with E-state index < -0.39 is 22.0 Å². The normalized spacial score (nSPS) is 19.4. The number of amides is 1. The van der Waals surface area contributed by atoms with Crippen LogP contribution in [0.5, 0.6) is 0 Å². The van der Waals surface area contributed by atoms with Crippen LogP contribution >= 0.6 is 11.3 Å². The minimum absolute atomic E-state index is 0.0925. The van der Waals surface area contributed by atoms with Crippen molar-refractivity contribution in [3.8, 4) is 0 Å². The highest BCUT2D eigenvalue weighted by Crippen LogP contribution is 2.29. The van der Waals surface area contributed by atoms with Gasteiger partial charge >= 0.3 is 5.97 Å². The molecule has 1 N–H and O–H groups in total. The Balaban J connectivity index is 2.26. The minimum Gasteiger partial charge on any atom is -0.468 e. The van der Waals surface area contributed by atoms with Gasteiger partial charge in [-0.05, 0) is 12.8 Å². The summed E-state index contributed by atoms with van der Waals surface area (Å²) in [6.07, 6.45) is 0.972. The minimum atomic E-state index is -3.93. The van der Waals surface area contributed by atoms with Gasteiger partial charge in [0.1, 0.15) is 6.04 Å². The molecule has 1 atom stereocenters. The highest BCUT2D eigenvalue weighted by Gasteiger charge is 2.41. The van der Waals surface area contributed by atoms with Crippen LogP contribution in [-0.4, -0.2) is 54.5 Å². The van der Waals surface area contributed by atoms with E-state index in [2.05, 4.69) is 20.3 Å². The van der Waals surface area contributed by atoms with Crippen molar-refractivity contribution in [2.45, 2.75) is 30.1 Å². The molecule has 0 aliphatic carbocycles. The molecule has 2 heterocycles. The van der Waals surface area contributed by atoms with Crippen LogP contribution in [0.4, 0.5) is 5.13 Å². The molecule has 2 rings (SSSR count). The fourth-order valence-corrected chi connectivity index (χ4v) is 4.72. The van der Waals surface area contributed by atoms with Crippen LogP contribution in [0.15, 0.2) is 4.34 Å². The summed E-state index contributed by atoms with van der Waals surface area (Å²) in [4.78, 5) is 22.6. The van der Waals surface area contributed by atoms with Crippen molar-refractivity contribution in [2.75, 3.05) is 19.0 Å². The number of ether oxygens (including phenoxy) is 1. The molecule has 0 saturated carbocycles. The molecule has 1 saturated heterocycles. The van der Waals surface area contributed by atoms with Crippen molar-refractivity contribution in [1.82, 2.24) is 14.5 Å². The van der Waals surface area contributed by atoms with Crippen molar-refractivity contribution in [2.24, 2.45) is 0 Å². The fraction of sp³-hybridized carbons (Fsp3) is 0.600. The maximum Gasteiger partial charge on any atom is 0.324 e. The molecule has 9 nitrogen and oxygen atoms in total. The molecular formula is C10H14N4O5S2. The Bertz CT molecular complexity index is 656. The van der Waals surface area contributed by atoms with Gasteiger partial charge in [-0.3, -0.25) is 9.59 Å². The van der Waals surface area contributed by atoms with Crippen LogP contribution in [-0.2, 0) is 24.3 Å². The van der Waals surface area contributed by atoms with Gasteiger partial charge in [0.05, 0.1) is 7.11 Å². The zero-order chi connectivity index (χ0) is 15.6. The Morgan fingerprint density at radius 3 is 2.76 bits per heavy atom. The molecule has 1 amide bonds. The molecule has 1 fully saturated rings. The van der Waals surface area contributed by atoms with Gasteiger partial charge in [0, 0.05) is 13.5 Å². The monoisotopic (exact) mass is 334 g/mol. The molecule has 1 aromatic heterocycles. The van der Waals surface area contributed by atoms with Crippen LogP contribution in [0.2, 0.25) is 0 Å². The molecule has 0 aromatic carbocycles. The lowest BCUT2D eigenvalue weighted by Gasteiger charge is -2.20. The number of aromatic nitrogens is 2. The van der Waals surface area contributed by atoms with E-state index in [9.17, 15) is 18.0 Å². The van der Waals surface area contributed by atoms with Gasteiger partial charge in [-0.1, -0.05) is 11.3 Å². The van der Waals surface area contributed by atoms with E-state index in [1.165, 1.54) is 14.0 Å². The Hall–Kier alpha value is -1.59. The highest BCUT2D eigenvalue weighted by molar-refractivity contribution is 7.91. The first-order valence-electron chi connectivity index (χ1n) is 6.07. The number of methoxy groups -OCH3 is 1. The number of rotatable bonds is 4. The Kier molecular flexibility index (Phi) is 4.54. The molecule has 0 bridgehead atoms. The number of esters is 1. The average Bonchev–Trinajstić information content (AvgIpc) is 3.05. The summed E-state index contributed by atoms with van der Waals surface area (Å²) in [6.45, 7) is 1.50. The molecule has 0 spiro atoms. The van der Waals surface area contributed by atoms with Crippen molar-refractivity contribution in [3.63, 3.8) is 0 Å². The number of carbonyl (C=O) groups is 2. The average molecular weight is 334 g/mol. The zero-order valence-electron chi connectivity index (χ0n) is 11.4. The Morgan fingerprint density at radius 1 is 1.43 bits per heavy atom. The molecule has 116 valence electrons. The smallest absolute Gasteiger partial charge is 0.324 e. The Labute approximate surface area is 125 Å². The van der Waals surface area contributed by atoms with Gasteiger partial charge < -0.3 is 10.1 Å². The second-order valence-electron chi connectivity index (χ2n) is 4.35. The van der Waals surface area contributed by atoms with Crippen molar-refractivity contribution in [1.29, 1.82) is 0 Å². The van der Waals surface area contributed by atoms with Crippen LogP contribution in [0, 0.1) is 0 Å². The van der Waals surface area contributed by atoms with Crippen molar-refractivity contribution < 1.29 is 22.7 Å². The summed E-state index contributed by atoms with van der Waals surface area (Å²) in [7, 11) is -2.72. The van der Waals surface area contributed by atoms with Crippen LogP contribution in [0.25, 0.3) is 0 Å². The van der Waals surface area contributed by atoms with Gasteiger partial charge in [-0.15, -0.1) is 10.2 Å². The number of nitrogens with zero attached hydrogens (tertiary/aromatic N) is 3. The molecule has 1 aliphatic heterocycles. The number of hydrogen-bond donors (Lipinski definition) is 1. The molecule has 11 heteroatoms. The van der Waals surface area contributed by atoms with Gasteiger partial charge in [-0.2, -0.15) is 4.31 Å². The third kappa shape index (κ3) is 3.19. The highest BCUT2D eigenvalue weighted by atomic mass is 32.2. The third-order valence-corrected chi connectivity index (χ3v) is 5.99. The number of nitrogens with one attached hydrogen (secondary N) is 1. The lowest BCUT2D eigenvalue weighted by atomic mass is 10.2. The second-order valence-corrected chi connectivity index (χ2v) is 7.39. The van der Waals surface area contributed by atoms with E-state index in [0.29, 0.717) is 12.8 Å². The summed E-state index contributed by atoms with van der Waals surface area (Å²) in [5.41, 5.74) is 0. The first-order chi connectivity index (χ1) is 9.86. The number of anilines is 1. The molecule has 0 radical (unpaired) electrons. The Morgan fingerprint density at radius 2 is 2.14 bits per heavy atom. The van der Waals surface area contributed by atoms with E-state index in [4.69, 9.17) is 0 Å². The first-order valence-corrected chi connectivity index (χ1v) is 8.32. The molecule has 1 aromatic rings. The van der Waals surface area contributed by atoms with Crippen LogP contribution < -0.4 is 5.32 Å². The van der Waals surface area contributed by atoms with E-state index in [1.54, 1.807) is 0 Å². The van der Waals surface area contributed by atoms with Crippen LogP contribution in [0.1, 0.15) is 19.8 Å². The van der Waals surface area contributed by atoms with Gasteiger partial charge in [0.25, 0.3) is 10.0 Å². The molecule has 1 unspecified atom stereocenters. The topological polar surface area (TPSA) is 119 Å². The maximum atomic E-state index is 12.5. The predicted molar refractivity (Wildman–Crippen MR) is 73.1 cm³/mol. The number of carbonyl (C=O) groups excluding carboxylic acids is 2. The van der Waals surface area contributed by atoms with E-state index in [0.717, 1.165) is 15.6 Å². The summed E-state index contributed by atoms with van der Waals surface area (Å²) >= 11 is 0.740. The van der Waals surface area contributed by atoms with Crippen molar-refractivity contribution >= 4 is 38.4 Å². The summed E-state index contributed by atoms with van der Waals surface area (Å²) in [5.74, 6) is -0.966. The van der Waals surface area contributed by atoms with E-state index in [-0.39, 0.29) is 21.9 Å². The van der Waals surface area contributed by atoms with Gasteiger partial charge in [-0.25, -0.2) is 8.42 Å². The second kappa shape index (κ2) is 6.03. The SMILES string of the molecule is COC(=O)C1CCCN1S(=O)(=O)c1nnc(NC(C)=O)s1. The maximum absolute atomic E-state index is 12.5. The standard InChI is InChI=1S/C10H14N4O5S2/c1-6(15)11-9-12-13-10(20-9)21(17,18)14-5-3-4-7(14)8(16)19-2/h7H,3-5H2,1-2H3,(H,11,12,15). The summed E-state index contributed by atoms with van der Waals surface area (Å²) < 4.78 is 30.4. The molecule has 21 heavy (non-hydrogen) atoms. The lowest BCUT2D eigenvalue weighted by molar-refractivity contribution is -0.144. The van der Waals surface area contributed by atoms with Gasteiger partial charge in [0.15, 0.2) is 0 Å². The predicted octanol–water partition coefficient (Wildman–Crippen LogP) is -0.177. The van der Waals surface area contributed by atoms with Crippen molar-refractivity contribution in [3.05, 3.63) is 0 Å². The summed E-state index contributed by atoms with van der Waals surface area (Å²) in [5, 5.41) is 9.63. The number of hydrogen-bond acceptors (Lipinski definition) is 8. The van der Waals surface area contributed by atoms with Gasteiger partial charge in [0.2, 0.25) is 15.4 Å². The van der Waals surface area contributed by atoms with E-state index in [1.807, 2.05) is 0 Å². The lowest BCUT2D eigenvalue weighted by Crippen LogP contribution is -2.41.